The second-order valence-electron chi connectivity index (χ2n) is 3.75. The minimum absolute atomic E-state index is 0.0693. The Balaban J connectivity index is 2.04. The van der Waals surface area contributed by atoms with Crippen LogP contribution in [0.1, 0.15) is 6.92 Å². The molecule has 0 aliphatic heterocycles. The Morgan fingerprint density at radius 3 is 2.94 bits per heavy atom. The Bertz CT molecular complexity index is 653. The third-order valence-electron chi connectivity index (χ3n) is 2.43. The van der Waals surface area contributed by atoms with E-state index >= 15 is 0 Å². The standard InChI is InChI=1S/C10H13ClN4O2S/c1-2-18(16,17)6-5-12-10-13-9-4-3-8(11)7-15(9)14-10/h3-4,7H,2,5-6H2,1H3,(H,12,14). The molecule has 2 heterocycles. The van der Waals surface area contributed by atoms with Gasteiger partial charge < -0.3 is 5.32 Å². The molecule has 0 aromatic carbocycles. The van der Waals surface area contributed by atoms with Gasteiger partial charge in [-0.25, -0.2) is 12.9 Å². The summed E-state index contributed by atoms with van der Waals surface area (Å²) in [4.78, 5) is 4.19. The van der Waals surface area contributed by atoms with Crippen LogP contribution < -0.4 is 5.32 Å². The zero-order valence-electron chi connectivity index (χ0n) is 9.80. The molecule has 0 bridgehead atoms. The van der Waals surface area contributed by atoms with Crippen molar-refractivity contribution in [3.05, 3.63) is 23.4 Å². The Kier molecular flexibility index (Phi) is 3.72. The summed E-state index contributed by atoms with van der Waals surface area (Å²) in [5.74, 6) is 0.603. The molecule has 0 saturated heterocycles. The number of nitrogens with one attached hydrogen (secondary N) is 1. The van der Waals surface area contributed by atoms with Crippen LogP contribution in [0.15, 0.2) is 18.3 Å². The van der Waals surface area contributed by atoms with Gasteiger partial charge in [-0.3, -0.25) is 0 Å². The van der Waals surface area contributed by atoms with Crippen LogP contribution in [0.25, 0.3) is 5.65 Å². The lowest BCUT2D eigenvalue weighted by Crippen LogP contribution is -2.17. The maximum atomic E-state index is 11.3. The van der Waals surface area contributed by atoms with Gasteiger partial charge in [0, 0.05) is 18.5 Å². The molecule has 98 valence electrons. The minimum Gasteiger partial charge on any atom is -0.352 e. The number of anilines is 1. The van der Waals surface area contributed by atoms with E-state index in [-0.39, 0.29) is 11.5 Å². The van der Waals surface area contributed by atoms with Crippen molar-refractivity contribution >= 4 is 33.0 Å². The summed E-state index contributed by atoms with van der Waals surface area (Å²) in [6.45, 7) is 1.92. The number of sulfone groups is 1. The smallest absolute Gasteiger partial charge is 0.243 e. The van der Waals surface area contributed by atoms with Gasteiger partial charge in [0.05, 0.1) is 10.8 Å². The Hall–Kier alpha value is -1.34. The van der Waals surface area contributed by atoms with Gasteiger partial charge in [0.2, 0.25) is 5.95 Å². The van der Waals surface area contributed by atoms with Gasteiger partial charge in [0.25, 0.3) is 0 Å². The van der Waals surface area contributed by atoms with E-state index in [0.29, 0.717) is 23.2 Å². The fourth-order valence-corrected chi connectivity index (χ4v) is 2.25. The van der Waals surface area contributed by atoms with E-state index in [1.807, 2.05) is 0 Å². The molecule has 0 aliphatic rings. The van der Waals surface area contributed by atoms with Gasteiger partial charge in [-0.2, -0.15) is 4.98 Å². The van der Waals surface area contributed by atoms with E-state index in [9.17, 15) is 8.42 Å². The third-order valence-corrected chi connectivity index (χ3v) is 4.36. The van der Waals surface area contributed by atoms with Crippen LogP contribution in [0.4, 0.5) is 5.95 Å². The van der Waals surface area contributed by atoms with Crippen LogP contribution in [0.5, 0.6) is 0 Å². The second-order valence-corrected chi connectivity index (χ2v) is 6.66. The Labute approximate surface area is 110 Å². The van der Waals surface area contributed by atoms with Crippen molar-refractivity contribution in [2.24, 2.45) is 0 Å². The van der Waals surface area contributed by atoms with Crippen LogP contribution >= 0.6 is 11.6 Å². The van der Waals surface area contributed by atoms with Crippen LogP contribution in [0.2, 0.25) is 5.02 Å². The fraction of sp³-hybridized carbons (Fsp3) is 0.400. The predicted molar refractivity (Wildman–Crippen MR) is 70.8 cm³/mol. The summed E-state index contributed by atoms with van der Waals surface area (Å²) in [6, 6.07) is 3.46. The number of pyridine rings is 1. The van der Waals surface area contributed by atoms with Gasteiger partial charge in [0.15, 0.2) is 15.5 Å². The predicted octanol–water partition coefficient (Wildman–Crippen LogP) is 1.23. The molecule has 6 nitrogen and oxygen atoms in total. The normalized spacial score (nSPS) is 11.9. The number of nitrogens with zero attached hydrogens (tertiary/aromatic N) is 3. The molecule has 2 aromatic heterocycles. The largest absolute Gasteiger partial charge is 0.352 e. The molecule has 2 aromatic rings. The van der Waals surface area contributed by atoms with Crippen molar-refractivity contribution in [1.82, 2.24) is 14.6 Å². The van der Waals surface area contributed by atoms with Gasteiger partial charge in [-0.15, -0.1) is 5.10 Å². The number of rotatable bonds is 5. The zero-order valence-corrected chi connectivity index (χ0v) is 11.4. The number of hydrogen-bond donors (Lipinski definition) is 1. The lowest BCUT2D eigenvalue weighted by molar-refractivity contribution is 0.597. The van der Waals surface area contributed by atoms with E-state index < -0.39 is 9.84 Å². The fourth-order valence-electron chi connectivity index (χ4n) is 1.40. The van der Waals surface area contributed by atoms with E-state index in [1.54, 1.807) is 29.8 Å². The van der Waals surface area contributed by atoms with Crippen LogP contribution in [0, 0.1) is 0 Å². The van der Waals surface area contributed by atoms with Gasteiger partial charge in [-0.1, -0.05) is 18.5 Å². The molecule has 0 spiro atoms. The molecule has 0 aliphatic carbocycles. The SMILES string of the molecule is CCS(=O)(=O)CCNc1nc2ccc(Cl)cn2n1. The van der Waals surface area contributed by atoms with Crippen molar-refractivity contribution in [2.45, 2.75) is 6.92 Å². The minimum atomic E-state index is -2.97. The maximum Gasteiger partial charge on any atom is 0.243 e. The lowest BCUT2D eigenvalue weighted by atomic mass is 10.5. The first-order chi connectivity index (χ1) is 8.50. The number of aromatic nitrogens is 3. The molecule has 0 atom stereocenters. The van der Waals surface area contributed by atoms with Gasteiger partial charge in [-0.05, 0) is 12.1 Å². The topological polar surface area (TPSA) is 76.4 Å². The quantitative estimate of drug-likeness (QED) is 0.895. The second kappa shape index (κ2) is 5.11. The first-order valence-electron chi connectivity index (χ1n) is 5.46. The third kappa shape index (κ3) is 3.11. The molecule has 18 heavy (non-hydrogen) atoms. The highest BCUT2D eigenvalue weighted by Gasteiger charge is 2.08. The lowest BCUT2D eigenvalue weighted by Gasteiger charge is -2.01. The molecule has 0 fully saturated rings. The number of fused-ring (bicyclic) bond motifs is 1. The molecule has 0 unspecified atom stereocenters. The first kappa shape index (κ1) is 13.1. The molecule has 0 amide bonds. The van der Waals surface area contributed by atoms with Crippen LogP contribution in [-0.4, -0.2) is 41.1 Å². The first-order valence-corrected chi connectivity index (χ1v) is 7.66. The molecule has 8 heteroatoms. The van der Waals surface area contributed by atoms with Crippen LogP contribution in [-0.2, 0) is 9.84 Å². The molecule has 2 rings (SSSR count). The molecular formula is C10H13ClN4O2S. The summed E-state index contributed by atoms with van der Waals surface area (Å²) in [7, 11) is -2.97. The van der Waals surface area contributed by atoms with Gasteiger partial charge >= 0.3 is 0 Å². The zero-order chi connectivity index (χ0) is 13.2. The van der Waals surface area contributed by atoms with Crippen molar-refractivity contribution in [3.8, 4) is 0 Å². The Morgan fingerprint density at radius 2 is 2.22 bits per heavy atom. The van der Waals surface area contributed by atoms with E-state index in [4.69, 9.17) is 11.6 Å². The molecule has 1 N–H and O–H groups in total. The van der Waals surface area contributed by atoms with Crippen molar-refractivity contribution < 1.29 is 8.42 Å². The van der Waals surface area contributed by atoms with E-state index in [1.165, 1.54) is 0 Å². The summed E-state index contributed by atoms with van der Waals surface area (Å²) < 4.78 is 24.1. The average molecular weight is 289 g/mol. The highest BCUT2D eigenvalue weighted by molar-refractivity contribution is 7.91. The molecule has 0 radical (unpaired) electrons. The summed E-state index contributed by atoms with van der Waals surface area (Å²) >= 11 is 5.82. The molecule has 0 saturated carbocycles. The van der Waals surface area contributed by atoms with Crippen molar-refractivity contribution in [3.63, 3.8) is 0 Å². The highest BCUT2D eigenvalue weighted by Crippen LogP contribution is 2.11. The maximum absolute atomic E-state index is 11.3. The van der Waals surface area contributed by atoms with E-state index in [2.05, 4.69) is 15.4 Å². The van der Waals surface area contributed by atoms with Crippen molar-refractivity contribution in [1.29, 1.82) is 0 Å². The van der Waals surface area contributed by atoms with Gasteiger partial charge in [0.1, 0.15) is 0 Å². The average Bonchev–Trinajstić information content (AvgIpc) is 2.70. The molecular weight excluding hydrogens is 276 g/mol. The van der Waals surface area contributed by atoms with E-state index in [0.717, 1.165) is 0 Å². The summed E-state index contributed by atoms with van der Waals surface area (Å²) in [5.41, 5.74) is 0.653. The number of hydrogen-bond acceptors (Lipinski definition) is 5. The summed E-state index contributed by atoms with van der Waals surface area (Å²) in [5, 5.41) is 7.58. The summed E-state index contributed by atoms with van der Waals surface area (Å²) in [6.07, 6.45) is 1.64. The Morgan fingerprint density at radius 1 is 1.44 bits per heavy atom. The number of halogens is 1. The van der Waals surface area contributed by atoms with Crippen molar-refractivity contribution in [2.75, 3.05) is 23.4 Å². The monoisotopic (exact) mass is 288 g/mol. The highest BCUT2D eigenvalue weighted by atomic mass is 35.5. The van der Waals surface area contributed by atoms with Crippen LogP contribution in [0.3, 0.4) is 0 Å².